The van der Waals surface area contributed by atoms with E-state index in [-0.39, 0.29) is 0 Å². The van der Waals surface area contributed by atoms with Crippen LogP contribution in [0.5, 0.6) is 0 Å². The molecule has 0 aromatic heterocycles. The molecule has 0 saturated heterocycles. The Labute approximate surface area is 73.0 Å². The molecule has 0 aromatic carbocycles. The van der Waals surface area contributed by atoms with E-state index in [1.54, 1.807) is 0 Å². The highest BCUT2D eigenvalue weighted by molar-refractivity contribution is 8.00. The van der Waals surface area contributed by atoms with Gasteiger partial charge in [0.15, 0.2) is 0 Å². The van der Waals surface area contributed by atoms with Crippen molar-refractivity contribution in [1.29, 1.82) is 0 Å². The van der Waals surface area contributed by atoms with Gasteiger partial charge in [-0.25, -0.2) is 4.31 Å². The summed E-state index contributed by atoms with van der Waals surface area (Å²) in [7, 11) is 2.22. The topological polar surface area (TPSA) is 3.24 Å². The summed E-state index contributed by atoms with van der Waals surface area (Å²) >= 11 is 1.86. The molecule has 0 radical (unpaired) electrons. The molecule has 0 amide bonds. The van der Waals surface area contributed by atoms with E-state index in [4.69, 9.17) is 0 Å². The molecule has 1 saturated carbocycles. The fourth-order valence-corrected chi connectivity index (χ4v) is 3.05. The third-order valence-electron chi connectivity index (χ3n) is 2.94. The Morgan fingerprint density at radius 1 is 1.27 bits per heavy atom. The first-order valence-corrected chi connectivity index (χ1v) is 5.25. The minimum Gasteiger partial charge on any atom is -0.240 e. The normalized spacial score (nSPS) is 29.9. The molecule has 11 heavy (non-hydrogen) atoms. The van der Waals surface area contributed by atoms with Gasteiger partial charge in [0.25, 0.3) is 0 Å². The van der Waals surface area contributed by atoms with Crippen LogP contribution in [0.2, 0.25) is 0 Å². The Kier molecular flexibility index (Phi) is 1.98. The second-order valence-corrected chi connectivity index (χ2v) is 4.60. The van der Waals surface area contributed by atoms with Gasteiger partial charge in [-0.15, -0.1) is 0 Å². The Morgan fingerprint density at radius 2 is 2.00 bits per heavy atom. The fraction of sp³-hybridized carbons (Fsp3) is 0.778. The van der Waals surface area contributed by atoms with Crippen molar-refractivity contribution in [1.82, 2.24) is 4.31 Å². The second-order valence-electron chi connectivity index (χ2n) is 3.57. The van der Waals surface area contributed by atoms with Crippen LogP contribution in [0.1, 0.15) is 32.1 Å². The molecule has 0 atom stereocenters. The molecule has 1 fully saturated rings. The molecule has 0 bridgehead atoms. The average molecular weight is 169 g/mol. The van der Waals surface area contributed by atoms with Gasteiger partial charge in [-0.3, -0.25) is 0 Å². The summed E-state index contributed by atoms with van der Waals surface area (Å²) in [4.78, 5) is 0. The minimum atomic E-state index is 0.447. The van der Waals surface area contributed by atoms with E-state index in [2.05, 4.69) is 22.8 Å². The van der Waals surface area contributed by atoms with Crippen molar-refractivity contribution in [3.63, 3.8) is 0 Å². The predicted octanol–water partition coefficient (Wildman–Crippen LogP) is 2.80. The Morgan fingerprint density at radius 3 is 2.55 bits per heavy atom. The third kappa shape index (κ3) is 1.23. The van der Waals surface area contributed by atoms with Gasteiger partial charge >= 0.3 is 0 Å². The van der Waals surface area contributed by atoms with Gasteiger partial charge in [-0.1, -0.05) is 25.3 Å². The summed E-state index contributed by atoms with van der Waals surface area (Å²) in [5, 5.41) is 2.24. The van der Waals surface area contributed by atoms with Crippen LogP contribution >= 0.6 is 11.9 Å². The van der Waals surface area contributed by atoms with Crippen LogP contribution in [-0.2, 0) is 0 Å². The third-order valence-corrected chi connectivity index (χ3v) is 3.88. The second kappa shape index (κ2) is 2.83. The molecule has 2 heteroatoms. The first kappa shape index (κ1) is 7.69. The van der Waals surface area contributed by atoms with E-state index in [9.17, 15) is 0 Å². The number of hydrogen-bond acceptors (Lipinski definition) is 2. The van der Waals surface area contributed by atoms with Gasteiger partial charge < -0.3 is 0 Å². The van der Waals surface area contributed by atoms with E-state index < -0.39 is 0 Å². The zero-order valence-electron chi connectivity index (χ0n) is 7.05. The van der Waals surface area contributed by atoms with Crippen molar-refractivity contribution in [3.05, 3.63) is 11.5 Å². The number of likely N-dealkylation sites (N-methyl/N-ethyl adjacent to an activating group) is 1. The molecule has 2 aliphatic rings. The number of rotatable bonds is 0. The number of hydrogen-bond donors (Lipinski definition) is 0. The highest BCUT2D eigenvalue weighted by Crippen LogP contribution is 2.42. The monoisotopic (exact) mass is 169 g/mol. The van der Waals surface area contributed by atoms with E-state index >= 15 is 0 Å². The molecule has 1 heterocycles. The maximum atomic E-state index is 2.42. The maximum absolute atomic E-state index is 2.42. The van der Waals surface area contributed by atoms with Crippen LogP contribution in [-0.4, -0.2) is 16.9 Å². The number of nitrogens with zero attached hydrogens (tertiary/aromatic N) is 1. The van der Waals surface area contributed by atoms with Crippen LogP contribution in [0.4, 0.5) is 0 Å². The fourth-order valence-electron chi connectivity index (χ4n) is 2.10. The molecular weight excluding hydrogens is 154 g/mol. The van der Waals surface area contributed by atoms with Crippen LogP contribution in [0.3, 0.4) is 0 Å². The van der Waals surface area contributed by atoms with Crippen LogP contribution < -0.4 is 0 Å². The quantitative estimate of drug-likeness (QED) is 0.513. The van der Waals surface area contributed by atoms with Gasteiger partial charge in [-0.2, -0.15) is 0 Å². The summed E-state index contributed by atoms with van der Waals surface area (Å²) in [6, 6.07) is 0. The van der Waals surface area contributed by atoms with Gasteiger partial charge in [0.2, 0.25) is 0 Å². The first-order chi connectivity index (χ1) is 5.33. The lowest BCUT2D eigenvalue weighted by molar-refractivity contribution is 0.225. The molecule has 0 N–H and O–H groups in total. The van der Waals surface area contributed by atoms with Crippen molar-refractivity contribution >= 4 is 11.9 Å². The molecular formula is C9H15NS. The van der Waals surface area contributed by atoms with Crippen molar-refractivity contribution in [2.45, 2.75) is 37.6 Å². The van der Waals surface area contributed by atoms with E-state index in [0.717, 1.165) is 0 Å². The van der Waals surface area contributed by atoms with E-state index in [0.29, 0.717) is 5.54 Å². The SMILES string of the molecule is CN1SC=CC12CCCCC2. The maximum Gasteiger partial charge on any atom is 0.0501 e. The molecule has 0 unspecified atom stereocenters. The van der Waals surface area contributed by atoms with Crippen molar-refractivity contribution in [2.75, 3.05) is 7.05 Å². The van der Waals surface area contributed by atoms with E-state index in [1.165, 1.54) is 32.1 Å². The Bertz CT molecular complexity index is 170. The average Bonchev–Trinajstić information content (AvgIpc) is 2.36. The summed E-state index contributed by atoms with van der Waals surface area (Å²) in [6.45, 7) is 0. The molecule has 1 aliphatic heterocycles. The standard InChI is InChI=1S/C9H15NS/c1-10-9(7-8-11-10)5-3-2-4-6-9/h7-8H,2-6H2,1H3. The summed E-state index contributed by atoms with van der Waals surface area (Å²) in [5.41, 5.74) is 0.447. The molecule has 1 aliphatic carbocycles. The van der Waals surface area contributed by atoms with Crippen LogP contribution in [0.25, 0.3) is 0 Å². The van der Waals surface area contributed by atoms with Crippen molar-refractivity contribution < 1.29 is 0 Å². The highest BCUT2D eigenvalue weighted by atomic mass is 32.2. The molecule has 1 nitrogen and oxygen atoms in total. The largest absolute Gasteiger partial charge is 0.240 e. The molecule has 0 aromatic rings. The Hall–Kier alpha value is 0.0500. The molecule has 62 valence electrons. The lowest BCUT2D eigenvalue weighted by atomic mass is 9.82. The van der Waals surface area contributed by atoms with Gasteiger partial charge in [0.05, 0.1) is 5.54 Å². The lowest BCUT2D eigenvalue weighted by Crippen LogP contribution is -2.39. The Balaban J connectivity index is 2.12. The van der Waals surface area contributed by atoms with Gasteiger partial charge in [0, 0.05) is 0 Å². The van der Waals surface area contributed by atoms with Crippen molar-refractivity contribution in [2.24, 2.45) is 0 Å². The lowest BCUT2D eigenvalue weighted by Gasteiger charge is -2.37. The zero-order valence-corrected chi connectivity index (χ0v) is 7.86. The summed E-state index contributed by atoms with van der Waals surface area (Å²) in [6.07, 6.45) is 9.40. The zero-order chi connectivity index (χ0) is 7.73. The first-order valence-electron chi connectivity index (χ1n) is 4.42. The van der Waals surface area contributed by atoms with Gasteiger partial charge in [-0.05, 0) is 37.2 Å². The molecule has 1 spiro atoms. The predicted molar refractivity (Wildman–Crippen MR) is 50.3 cm³/mol. The molecule has 2 rings (SSSR count). The van der Waals surface area contributed by atoms with Gasteiger partial charge in [0.1, 0.15) is 0 Å². The van der Waals surface area contributed by atoms with Crippen LogP contribution in [0, 0.1) is 0 Å². The minimum absolute atomic E-state index is 0.447. The highest BCUT2D eigenvalue weighted by Gasteiger charge is 2.36. The summed E-state index contributed by atoms with van der Waals surface area (Å²) < 4.78 is 2.42. The van der Waals surface area contributed by atoms with Crippen LogP contribution in [0.15, 0.2) is 11.5 Å². The van der Waals surface area contributed by atoms with Crippen molar-refractivity contribution in [3.8, 4) is 0 Å². The smallest absolute Gasteiger partial charge is 0.0501 e. The van der Waals surface area contributed by atoms with E-state index in [1.807, 2.05) is 11.9 Å². The summed E-state index contributed by atoms with van der Waals surface area (Å²) in [5.74, 6) is 0.